The molecule has 1 N–H and O–H groups in total. The summed E-state index contributed by atoms with van der Waals surface area (Å²) in [6.07, 6.45) is 1.91. The highest BCUT2D eigenvalue weighted by Gasteiger charge is 2.11. The minimum absolute atomic E-state index is 0.162. The van der Waals surface area contributed by atoms with E-state index < -0.39 is 0 Å². The van der Waals surface area contributed by atoms with Crippen molar-refractivity contribution in [1.29, 1.82) is 0 Å². The van der Waals surface area contributed by atoms with Crippen molar-refractivity contribution in [2.45, 2.75) is 20.1 Å². The van der Waals surface area contributed by atoms with Crippen LogP contribution in [0.4, 0.5) is 4.39 Å². The third-order valence-corrected chi connectivity index (χ3v) is 3.48. The van der Waals surface area contributed by atoms with E-state index in [2.05, 4.69) is 0 Å². The molecule has 0 spiro atoms. The average molecular weight is 285 g/mol. The molecule has 1 aromatic heterocycles. The summed E-state index contributed by atoms with van der Waals surface area (Å²) in [4.78, 5) is 0. The summed E-state index contributed by atoms with van der Waals surface area (Å²) in [6, 6.07) is 11.7. The van der Waals surface area contributed by atoms with Crippen LogP contribution in [0, 0.1) is 5.82 Å². The lowest BCUT2D eigenvalue weighted by molar-refractivity contribution is 0.305. The fourth-order valence-electron chi connectivity index (χ4n) is 2.49. The SMILES string of the molecule is CCn1cc(COc2cccc(O)c2)c2cccc(F)c21. The molecule has 2 aromatic carbocycles. The maximum Gasteiger partial charge on any atom is 0.147 e. The zero-order valence-electron chi connectivity index (χ0n) is 11.7. The molecule has 0 aliphatic heterocycles. The molecular weight excluding hydrogens is 269 g/mol. The van der Waals surface area contributed by atoms with Gasteiger partial charge in [0.05, 0.1) is 5.52 Å². The van der Waals surface area contributed by atoms with Crippen molar-refractivity contribution < 1.29 is 14.2 Å². The Morgan fingerprint density at radius 3 is 2.76 bits per heavy atom. The molecule has 0 fully saturated rings. The Balaban J connectivity index is 1.92. The summed E-state index contributed by atoms with van der Waals surface area (Å²) in [7, 11) is 0. The minimum atomic E-state index is -0.224. The quantitative estimate of drug-likeness (QED) is 0.783. The standard InChI is InChI=1S/C17H16FNO2/c1-2-19-10-12(15-7-4-8-16(18)17(15)19)11-21-14-6-3-5-13(20)9-14/h3-10,20H,2,11H2,1H3. The van der Waals surface area contributed by atoms with Gasteiger partial charge in [0, 0.05) is 29.8 Å². The number of fused-ring (bicyclic) bond motifs is 1. The summed E-state index contributed by atoms with van der Waals surface area (Å²) in [5, 5.41) is 10.3. The number of aromatic hydroxyl groups is 1. The van der Waals surface area contributed by atoms with Crippen LogP contribution in [0.1, 0.15) is 12.5 Å². The second kappa shape index (κ2) is 5.48. The number of rotatable bonds is 4. The third-order valence-electron chi connectivity index (χ3n) is 3.48. The highest BCUT2D eigenvalue weighted by atomic mass is 19.1. The Labute approximate surface area is 122 Å². The fraction of sp³-hybridized carbons (Fsp3) is 0.176. The first-order valence-corrected chi connectivity index (χ1v) is 6.87. The predicted molar refractivity (Wildman–Crippen MR) is 80.0 cm³/mol. The van der Waals surface area contributed by atoms with Crippen LogP contribution < -0.4 is 4.74 Å². The number of para-hydroxylation sites is 1. The number of aryl methyl sites for hydroxylation is 1. The molecule has 21 heavy (non-hydrogen) atoms. The highest BCUT2D eigenvalue weighted by molar-refractivity contribution is 5.84. The van der Waals surface area contributed by atoms with Gasteiger partial charge in [0.15, 0.2) is 0 Å². The van der Waals surface area contributed by atoms with Crippen molar-refractivity contribution in [2.75, 3.05) is 0 Å². The third kappa shape index (κ3) is 2.57. The van der Waals surface area contributed by atoms with E-state index in [1.165, 1.54) is 6.07 Å². The first-order chi connectivity index (χ1) is 10.2. The molecule has 0 bridgehead atoms. The van der Waals surface area contributed by atoms with Crippen LogP contribution in [0.3, 0.4) is 0 Å². The first-order valence-electron chi connectivity index (χ1n) is 6.87. The Kier molecular flexibility index (Phi) is 3.52. The van der Waals surface area contributed by atoms with Crippen LogP contribution in [-0.4, -0.2) is 9.67 Å². The molecule has 108 valence electrons. The van der Waals surface area contributed by atoms with Gasteiger partial charge in [-0.3, -0.25) is 0 Å². The number of phenols is 1. The molecule has 0 amide bonds. The molecular formula is C17H16FNO2. The van der Waals surface area contributed by atoms with E-state index >= 15 is 0 Å². The average Bonchev–Trinajstić information content (AvgIpc) is 2.85. The lowest BCUT2D eigenvalue weighted by atomic mass is 10.2. The molecule has 0 aliphatic rings. The molecule has 3 rings (SSSR count). The second-order valence-corrected chi connectivity index (χ2v) is 4.86. The van der Waals surface area contributed by atoms with Crippen molar-refractivity contribution in [3.8, 4) is 11.5 Å². The number of nitrogens with zero attached hydrogens (tertiary/aromatic N) is 1. The lowest BCUT2D eigenvalue weighted by Gasteiger charge is -2.05. The van der Waals surface area contributed by atoms with Gasteiger partial charge in [-0.15, -0.1) is 0 Å². The number of phenolic OH excluding ortho intramolecular Hbond substituents is 1. The van der Waals surface area contributed by atoms with Gasteiger partial charge < -0.3 is 14.4 Å². The van der Waals surface area contributed by atoms with Crippen LogP contribution >= 0.6 is 0 Å². The second-order valence-electron chi connectivity index (χ2n) is 4.86. The molecule has 4 heteroatoms. The molecule has 0 saturated carbocycles. The van der Waals surface area contributed by atoms with Gasteiger partial charge in [0.1, 0.15) is 23.9 Å². The zero-order valence-corrected chi connectivity index (χ0v) is 11.7. The fourth-order valence-corrected chi connectivity index (χ4v) is 2.49. The summed E-state index contributed by atoms with van der Waals surface area (Å²) >= 11 is 0. The van der Waals surface area contributed by atoms with E-state index in [9.17, 15) is 9.50 Å². The van der Waals surface area contributed by atoms with Gasteiger partial charge in [-0.25, -0.2) is 4.39 Å². The van der Waals surface area contributed by atoms with Crippen molar-refractivity contribution >= 4 is 10.9 Å². The monoisotopic (exact) mass is 285 g/mol. The molecule has 3 nitrogen and oxygen atoms in total. The number of benzene rings is 2. The Morgan fingerprint density at radius 2 is 2.00 bits per heavy atom. The zero-order chi connectivity index (χ0) is 14.8. The van der Waals surface area contributed by atoms with E-state index in [1.807, 2.05) is 23.8 Å². The maximum absolute atomic E-state index is 14.0. The topological polar surface area (TPSA) is 34.4 Å². The predicted octanol–water partition coefficient (Wildman–Crippen LogP) is 4.08. The van der Waals surface area contributed by atoms with Gasteiger partial charge in [-0.2, -0.15) is 0 Å². The Morgan fingerprint density at radius 1 is 1.19 bits per heavy atom. The van der Waals surface area contributed by atoms with Gasteiger partial charge in [0.25, 0.3) is 0 Å². The van der Waals surface area contributed by atoms with Crippen molar-refractivity contribution in [1.82, 2.24) is 4.57 Å². The van der Waals surface area contributed by atoms with Crippen LogP contribution in [0.25, 0.3) is 10.9 Å². The number of aromatic nitrogens is 1. The van der Waals surface area contributed by atoms with E-state index in [0.29, 0.717) is 24.4 Å². The van der Waals surface area contributed by atoms with E-state index in [0.717, 1.165) is 10.9 Å². The minimum Gasteiger partial charge on any atom is -0.508 e. The maximum atomic E-state index is 14.0. The lowest BCUT2D eigenvalue weighted by Crippen LogP contribution is -1.95. The van der Waals surface area contributed by atoms with E-state index in [-0.39, 0.29) is 11.6 Å². The number of hydrogen-bond acceptors (Lipinski definition) is 2. The molecule has 1 heterocycles. The summed E-state index contributed by atoms with van der Waals surface area (Å²) in [5.74, 6) is 0.524. The highest BCUT2D eigenvalue weighted by Crippen LogP contribution is 2.26. The number of halogens is 1. The number of hydrogen-bond donors (Lipinski definition) is 1. The summed E-state index contributed by atoms with van der Waals surface area (Å²) in [6.45, 7) is 3.01. The van der Waals surface area contributed by atoms with Crippen molar-refractivity contribution in [3.63, 3.8) is 0 Å². The summed E-state index contributed by atoms with van der Waals surface area (Å²) in [5.41, 5.74) is 1.53. The Hall–Kier alpha value is -2.49. The van der Waals surface area contributed by atoms with Crippen molar-refractivity contribution in [3.05, 3.63) is 60.0 Å². The Bertz CT molecular complexity index is 780. The molecule has 0 saturated heterocycles. The molecule has 3 aromatic rings. The molecule has 0 atom stereocenters. The molecule has 0 unspecified atom stereocenters. The van der Waals surface area contributed by atoms with E-state index in [4.69, 9.17) is 4.74 Å². The largest absolute Gasteiger partial charge is 0.508 e. The van der Waals surface area contributed by atoms with Gasteiger partial charge >= 0.3 is 0 Å². The van der Waals surface area contributed by atoms with Crippen LogP contribution in [0.15, 0.2) is 48.7 Å². The van der Waals surface area contributed by atoms with Crippen LogP contribution in [-0.2, 0) is 13.2 Å². The van der Waals surface area contributed by atoms with Gasteiger partial charge in [-0.05, 0) is 25.1 Å². The first kappa shape index (κ1) is 13.5. The van der Waals surface area contributed by atoms with Gasteiger partial charge in [0.2, 0.25) is 0 Å². The molecule has 0 aliphatic carbocycles. The van der Waals surface area contributed by atoms with Crippen molar-refractivity contribution in [2.24, 2.45) is 0 Å². The van der Waals surface area contributed by atoms with E-state index in [1.54, 1.807) is 30.3 Å². The van der Waals surface area contributed by atoms with Crippen LogP contribution in [0.2, 0.25) is 0 Å². The normalized spacial score (nSPS) is 11.0. The number of ether oxygens (including phenoxy) is 1. The van der Waals surface area contributed by atoms with Gasteiger partial charge in [-0.1, -0.05) is 18.2 Å². The van der Waals surface area contributed by atoms with Crippen LogP contribution in [0.5, 0.6) is 11.5 Å². The molecule has 0 radical (unpaired) electrons. The smallest absolute Gasteiger partial charge is 0.147 e. The summed E-state index contributed by atoms with van der Waals surface area (Å²) < 4.78 is 21.5.